The summed E-state index contributed by atoms with van der Waals surface area (Å²) in [6.07, 6.45) is 6.69. The lowest BCUT2D eigenvalue weighted by molar-refractivity contribution is -0.160. The molecule has 2 atom stereocenters. The maximum absolute atomic E-state index is 5.99. The maximum atomic E-state index is 5.99. The third-order valence-electron chi connectivity index (χ3n) is 4.63. The highest BCUT2D eigenvalue weighted by Gasteiger charge is 2.27. The van der Waals surface area contributed by atoms with Gasteiger partial charge in [-0.3, -0.25) is 0 Å². The van der Waals surface area contributed by atoms with Gasteiger partial charge in [-0.05, 0) is 49.7 Å². The summed E-state index contributed by atoms with van der Waals surface area (Å²) >= 11 is 0. The van der Waals surface area contributed by atoms with E-state index in [1.54, 1.807) is 0 Å². The highest BCUT2D eigenvalue weighted by atomic mass is 28.3. The van der Waals surface area contributed by atoms with Gasteiger partial charge >= 0.3 is 0 Å². The summed E-state index contributed by atoms with van der Waals surface area (Å²) in [6, 6.07) is 0. The van der Waals surface area contributed by atoms with E-state index in [1.165, 1.54) is 24.0 Å². The quantitative estimate of drug-likeness (QED) is 0.692. The lowest BCUT2D eigenvalue weighted by Gasteiger charge is -2.25. The molecule has 3 rings (SSSR count). The second-order valence-electron chi connectivity index (χ2n) is 7.37. The molecule has 3 aliphatic rings. The Morgan fingerprint density at radius 1 is 0.870 bits per heavy atom. The molecule has 0 amide bonds. The van der Waals surface area contributed by atoms with E-state index >= 15 is 0 Å². The Labute approximate surface area is 140 Å². The first kappa shape index (κ1) is 17.4. The van der Waals surface area contributed by atoms with Crippen LogP contribution in [0.15, 0.2) is 22.5 Å². The lowest BCUT2D eigenvalue weighted by atomic mass is 10.1. The molecule has 0 spiro atoms. The van der Waals surface area contributed by atoms with Crippen LogP contribution >= 0.6 is 0 Å². The fourth-order valence-corrected chi connectivity index (χ4v) is 5.86. The average Bonchev–Trinajstić information content (AvgIpc) is 2.87. The topological polar surface area (TPSA) is 36.9 Å². The van der Waals surface area contributed by atoms with Crippen molar-refractivity contribution in [3.63, 3.8) is 0 Å². The van der Waals surface area contributed by atoms with Crippen molar-refractivity contribution in [2.75, 3.05) is 26.4 Å². The van der Waals surface area contributed by atoms with Crippen LogP contribution in [0.3, 0.4) is 0 Å². The van der Waals surface area contributed by atoms with Crippen LogP contribution in [0.5, 0.6) is 0 Å². The Kier molecular flexibility index (Phi) is 6.10. The van der Waals surface area contributed by atoms with Gasteiger partial charge in [-0.2, -0.15) is 0 Å². The summed E-state index contributed by atoms with van der Waals surface area (Å²) in [5.74, 6) is 0. The van der Waals surface area contributed by atoms with Gasteiger partial charge in [0.1, 0.15) is 0 Å². The first-order valence-corrected chi connectivity index (χ1v) is 12.2. The third kappa shape index (κ3) is 5.26. The van der Waals surface area contributed by atoms with Crippen LogP contribution < -0.4 is 0 Å². The van der Waals surface area contributed by atoms with Gasteiger partial charge in [-0.25, -0.2) is 0 Å². The molecule has 23 heavy (non-hydrogen) atoms. The summed E-state index contributed by atoms with van der Waals surface area (Å²) in [5.41, 5.74) is 7.45. The smallest absolute Gasteiger partial charge is 0.158 e. The molecular weight excluding hydrogens is 308 g/mol. The van der Waals surface area contributed by atoms with Crippen LogP contribution in [-0.2, 0) is 18.9 Å². The molecule has 5 heteroatoms. The SMILES string of the molecule is C[Si]1(C)C=C(COC2CCCCO2)C(COC2CCCCO2)=C1. The number of rotatable bonds is 6. The molecule has 0 aromatic heterocycles. The Hall–Kier alpha value is -0.463. The van der Waals surface area contributed by atoms with Crippen LogP contribution in [0.4, 0.5) is 0 Å². The zero-order valence-electron chi connectivity index (χ0n) is 14.5. The molecule has 2 saturated heterocycles. The Bertz CT molecular complexity index is 406. The Morgan fingerprint density at radius 2 is 1.35 bits per heavy atom. The fraction of sp³-hybridized carbons (Fsp3) is 0.778. The minimum Gasteiger partial charge on any atom is -0.353 e. The van der Waals surface area contributed by atoms with E-state index in [4.69, 9.17) is 18.9 Å². The van der Waals surface area contributed by atoms with E-state index in [9.17, 15) is 0 Å². The molecule has 0 aliphatic carbocycles. The van der Waals surface area contributed by atoms with E-state index in [2.05, 4.69) is 24.5 Å². The average molecular weight is 339 g/mol. The van der Waals surface area contributed by atoms with E-state index in [0.29, 0.717) is 13.2 Å². The third-order valence-corrected chi connectivity index (χ3v) is 6.82. The largest absolute Gasteiger partial charge is 0.353 e. The minimum atomic E-state index is -1.41. The first-order valence-electron chi connectivity index (χ1n) is 9.03. The standard InChI is InChI=1S/C18H30O4Si/c1-23(2)13-15(11-21-17-7-3-5-9-19-17)16(14-23)12-22-18-8-4-6-10-20-18/h13-14,17-18H,3-12H2,1-2H3. The molecule has 0 radical (unpaired) electrons. The first-order chi connectivity index (χ1) is 11.1. The van der Waals surface area contributed by atoms with Gasteiger partial charge < -0.3 is 18.9 Å². The van der Waals surface area contributed by atoms with Gasteiger partial charge in [0.2, 0.25) is 0 Å². The van der Waals surface area contributed by atoms with E-state index in [-0.39, 0.29) is 12.6 Å². The zero-order valence-corrected chi connectivity index (χ0v) is 15.5. The predicted molar refractivity (Wildman–Crippen MR) is 92.7 cm³/mol. The fourth-order valence-electron chi connectivity index (χ4n) is 3.44. The molecule has 0 saturated carbocycles. The second-order valence-corrected chi connectivity index (χ2v) is 11.6. The van der Waals surface area contributed by atoms with Crippen molar-refractivity contribution in [1.82, 2.24) is 0 Å². The van der Waals surface area contributed by atoms with Crippen molar-refractivity contribution in [2.45, 2.75) is 64.2 Å². The maximum Gasteiger partial charge on any atom is 0.158 e. The van der Waals surface area contributed by atoms with Crippen LogP contribution in [0.1, 0.15) is 38.5 Å². The van der Waals surface area contributed by atoms with Crippen molar-refractivity contribution < 1.29 is 18.9 Å². The lowest BCUT2D eigenvalue weighted by Crippen LogP contribution is -2.25. The van der Waals surface area contributed by atoms with Crippen molar-refractivity contribution in [2.24, 2.45) is 0 Å². The van der Waals surface area contributed by atoms with Gasteiger partial charge in [0, 0.05) is 13.2 Å². The molecule has 0 aromatic carbocycles. The molecule has 130 valence electrons. The van der Waals surface area contributed by atoms with Crippen LogP contribution in [0, 0.1) is 0 Å². The summed E-state index contributed by atoms with van der Waals surface area (Å²) in [7, 11) is -1.41. The van der Waals surface area contributed by atoms with Crippen molar-refractivity contribution >= 4 is 8.07 Å². The van der Waals surface area contributed by atoms with Gasteiger partial charge in [0.25, 0.3) is 0 Å². The summed E-state index contributed by atoms with van der Waals surface area (Å²) < 4.78 is 23.3. The summed E-state index contributed by atoms with van der Waals surface area (Å²) in [6.45, 7) is 7.65. The number of hydrogen-bond acceptors (Lipinski definition) is 4. The molecule has 3 aliphatic heterocycles. The van der Waals surface area contributed by atoms with E-state index in [1.807, 2.05) is 0 Å². The van der Waals surface area contributed by atoms with Crippen molar-refractivity contribution in [1.29, 1.82) is 0 Å². The highest BCUT2D eigenvalue weighted by molar-refractivity contribution is 6.87. The zero-order chi connectivity index (χ0) is 16.1. The van der Waals surface area contributed by atoms with Crippen LogP contribution in [-0.4, -0.2) is 47.1 Å². The second kappa shape index (κ2) is 8.08. The van der Waals surface area contributed by atoms with Gasteiger partial charge in [-0.15, -0.1) is 0 Å². The molecular formula is C18H30O4Si. The minimum absolute atomic E-state index is 0.0288. The highest BCUT2D eigenvalue weighted by Crippen LogP contribution is 2.28. The van der Waals surface area contributed by atoms with Crippen LogP contribution in [0.25, 0.3) is 0 Å². The number of ether oxygens (including phenoxy) is 4. The van der Waals surface area contributed by atoms with Gasteiger partial charge in [0.05, 0.1) is 21.3 Å². The van der Waals surface area contributed by atoms with E-state index < -0.39 is 8.07 Å². The molecule has 3 heterocycles. The van der Waals surface area contributed by atoms with Gasteiger partial charge in [-0.1, -0.05) is 24.5 Å². The summed E-state index contributed by atoms with van der Waals surface area (Å²) in [4.78, 5) is 0. The molecule has 0 aromatic rings. The molecule has 0 N–H and O–H groups in total. The van der Waals surface area contributed by atoms with E-state index in [0.717, 1.165) is 38.9 Å². The molecule has 4 nitrogen and oxygen atoms in total. The molecule has 2 unspecified atom stereocenters. The molecule has 2 fully saturated rings. The Balaban J connectivity index is 1.51. The van der Waals surface area contributed by atoms with Gasteiger partial charge in [0.15, 0.2) is 12.6 Å². The number of hydrogen-bond donors (Lipinski definition) is 0. The van der Waals surface area contributed by atoms with Crippen molar-refractivity contribution in [3.8, 4) is 0 Å². The monoisotopic (exact) mass is 338 g/mol. The normalized spacial score (nSPS) is 30.9. The molecule has 0 bridgehead atoms. The predicted octanol–water partition coefficient (Wildman–Crippen LogP) is 3.73. The van der Waals surface area contributed by atoms with Crippen LogP contribution in [0.2, 0.25) is 13.1 Å². The Morgan fingerprint density at radius 3 is 1.74 bits per heavy atom. The van der Waals surface area contributed by atoms with Crippen molar-refractivity contribution in [3.05, 3.63) is 22.5 Å². The summed E-state index contributed by atoms with van der Waals surface area (Å²) in [5, 5.41) is 0.